The number of hydrogen-bond donors (Lipinski definition) is 2. The number of aromatic nitrogens is 3. The summed E-state index contributed by atoms with van der Waals surface area (Å²) in [6.07, 6.45) is 0.537. The smallest absolute Gasteiger partial charge is 0.335 e. The SMILES string of the molecule is Cn1c(N2CCc3ccc(C(=O)O)cc3C2c2ccccc2C#N)nc(-c2nc3ccccc3o2)c(O)c1=O. The number of benzene rings is 3. The van der Waals surface area contributed by atoms with Crippen LogP contribution in [0.5, 0.6) is 5.75 Å². The van der Waals surface area contributed by atoms with Gasteiger partial charge in [0.05, 0.1) is 23.2 Å². The molecule has 0 spiro atoms. The number of carboxylic acid groups (broad SMARTS) is 1. The van der Waals surface area contributed by atoms with Crippen molar-refractivity contribution in [3.05, 3.63) is 105 Å². The minimum absolute atomic E-state index is 0.00722. The number of nitriles is 1. The zero-order chi connectivity index (χ0) is 27.3. The fraction of sp³-hybridized carbons (Fsp3) is 0.138. The molecule has 0 bridgehead atoms. The molecule has 0 amide bonds. The molecule has 0 fully saturated rings. The standard InChI is InChI=1S/C29H21N5O5/c1-33-27(36)25(35)23(26-31-21-8-4-5-9-22(21)39-26)32-29(33)34-13-12-16-10-11-17(28(37)38)14-20(16)24(34)19-7-3-2-6-18(19)15-30/h2-11,14,24,35H,12-13H2,1H3,(H,37,38). The summed E-state index contributed by atoms with van der Waals surface area (Å²) in [5, 5.41) is 30.4. The average molecular weight is 520 g/mol. The Morgan fingerprint density at radius 2 is 1.85 bits per heavy atom. The third kappa shape index (κ3) is 3.88. The highest BCUT2D eigenvalue weighted by atomic mass is 16.4. The first kappa shape index (κ1) is 23.9. The molecule has 5 aromatic rings. The molecule has 1 atom stereocenters. The van der Waals surface area contributed by atoms with E-state index in [-0.39, 0.29) is 23.1 Å². The molecule has 2 N–H and O–H groups in total. The Morgan fingerprint density at radius 1 is 1.08 bits per heavy atom. The van der Waals surface area contributed by atoms with Crippen molar-refractivity contribution >= 4 is 23.0 Å². The van der Waals surface area contributed by atoms with Gasteiger partial charge in [-0.15, -0.1) is 0 Å². The van der Waals surface area contributed by atoms with Gasteiger partial charge in [-0.25, -0.2) is 14.8 Å². The number of hydrogen-bond acceptors (Lipinski definition) is 8. The summed E-state index contributed by atoms with van der Waals surface area (Å²) in [5.41, 5.74) is 2.98. The van der Waals surface area contributed by atoms with Gasteiger partial charge < -0.3 is 19.5 Å². The van der Waals surface area contributed by atoms with Gasteiger partial charge in [0.25, 0.3) is 11.4 Å². The first-order chi connectivity index (χ1) is 18.9. The second-order valence-electron chi connectivity index (χ2n) is 9.22. The van der Waals surface area contributed by atoms with Crippen LogP contribution in [0.4, 0.5) is 5.95 Å². The van der Waals surface area contributed by atoms with Crippen LogP contribution in [0.1, 0.15) is 38.7 Å². The number of aromatic carboxylic acids is 1. The van der Waals surface area contributed by atoms with Gasteiger partial charge in [0.2, 0.25) is 11.7 Å². The van der Waals surface area contributed by atoms with Gasteiger partial charge in [0, 0.05) is 13.6 Å². The number of oxazole rings is 1. The topological polar surface area (TPSA) is 145 Å². The number of carboxylic acids is 1. The van der Waals surface area contributed by atoms with Crippen LogP contribution in [0.25, 0.3) is 22.7 Å². The van der Waals surface area contributed by atoms with E-state index in [1.807, 2.05) is 4.90 Å². The molecule has 39 heavy (non-hydrogen) atoms. The summed E-state index contributed by atoms with van der Waals surface area (Å²) in [5.74, 6) is -1.48. The molecule has 2 aromatic heterocycles. The summed E-state index contributed by atoms with van der Waals surface area (Å²) in [6, 6.07) is 20.6. The van der Waals surface area contributed by atoms with Crippen LogP contribution in [0.15, 0.2) is 75.9 Å². The number of aromatic hydroxyl groups is 1. The second kappa shape index (κ2) is 9.15. The number of para-hydroxylation sites is 2. The van der Waals surface area contributed by atoms with E-state index in [9.17, 15) is 25.1 Å². The molecule has 0 aliphatic carbocycles. The van der Waals surface area contributed by atoms with Gasteiger partial charge in [-0.2, -0.15) is 5.26 Å². The molecule has 0 saturated heterocycles. The van der Waals surface area contributed by atoms with E-state index in [0.717, 1.165) is 5.56 Å². The van der Waals surface area contributed by atoms with Crippen molar-refractivity contribution in [3.8, 4) is 23.4 Å². The summed E-state index contributed by atoms with van der Waals surface area (Å²) >= 11 is 0. The monoisotopic (exact) mass is 519 g/mol. The summed E-state index contributed by atoms with van der Waals surface area (Å²) in [6.45, 7) is 0.405. The molecule has 6 rings (SSSR count). The molecule has 1 aliphatic rings. The van der Waals surface area contributed by atoms with Crippen molar-refractivity contribution in [1.29, 1.82) is 5.26 Å². The number of nitrogens with zero attached hydrogens (tertiary/aromatic N) is 5. The second-order valence-corrected chi connectivity index (χ2v) is 9.22. The number of rotatable bonds is 4. The highest BCUT2D eigenvalue weighted by molar-refractivity contribution is 5.88. The maximum atomic E-state index is 13.2. The van der Waals surface area contributed by atoms with E-state index < -0.39 is 23.3 Å². The number of fused-ring (bicyclic) bond motifs is 2. The van der Waals surface area contributed by atoms with Crippen molar-refractivity contribution in [2.45, 2.75) is 12.5 Å². The molecular formula is C29H21N5O5. The Bertz CT molecular complexity index is 1850. The fourth-order valence-electron chi connectivity index (χ4n) is 5.09. The summed E-state index contributed by atoms with van der Waals surface area (Å²) < 4.78 is 7.04. The Labute approximate surface area is 221 Å². The van der Waals surface area contributed by atoms with Gasteiger partial charge in [-0.05, 0) is 53.4 Å². The van der Waals surface area contributed by atoms with Gasteiger partial charge in [-0.1, -0.05) is 36.4 Å². The minimum atomic E-state index is -1.07. The van der Waals surface area contributed by atoms with Gasteiger partial charge >= 0.3 is 5.97 Å². The Morgan fingerprint density at radius 3 is 2.62 bits per heavy atom. The number of anilines is 1. The normalized spacial score (nSPS) is 14.7. The van der Waals surface area contributed by atoms with Crippen molar-refractivity contribution in [1.82, 2.24) is 14.5 Å². The molecule has 10 nitrogen and oxygen atoms in total. The van der Waals surface area contributed by atoms with E-state index in [1.54, 1.807) is 66.7 Å². The molecule has 10 heteroatoms. The highest BCUT2D eigenvalue weighted by Crippen LogP contribution is 2.40. The lowest BCUT2D eigenvalue weighted by Gasteiger charge is -2.39. The van der Waals surface area contributed by atoms with Crippen molar-refractivity contribution in [2.75, 3.05) is 11.4 Å². The summed E-state index contributed by atoms with van der Waals surface area (Å²) in [7, 11) is 1.50. The van der Waals surface area contributed by atoms with Crippen LogP contribution in [-0.4, -0.2) is 37.3 Å². The van der Waals surface area contributed by atoms with Crippen LogP contribution < -0.4 is 10.5 Å². The first-order valence-corrected chi connectivity index (χ1v) is 12.1. The molecule has 192 valence electrons. The van der Waals surface area contributed by atoms with Gasteiger partial charge in [0.15, 0.2) is 11.3 Å². The molecule has 1 unspecified atom stereocenters. The van der Waals surface area contributed by atoms with E-state index in [4.69, 9.17) is 4.42 Å². The Kier molecular flexibility index (Phi) is 5.61. The minimum Gasteiger partial charge on any atom is -0.501 e. The first-order valence-electron chi connectivity index (χ1n) is 12.1. The zero-order valence-corrected chi connectivity index (χ0v) is 20.7. The average Bonchev–Trinajstić information content (AvgIpc) is 3.39. The predicted molar refractivity (Wildman–Crippen MR) is 142 cm³/mol. The van der Waals surface area contributed by atoms with Crippen LogP contribution in [0.2, 0.25) is 0 Å². The van der Waals surface area contributed by atoms with Crippen molar-refractivity contribution < 1.29 is 19.4 Å². The maximum absolute atomic E-state index is 13.2. The van der Waals surface area contributed by atoms with Gasteiger partial charge in [-0.3, -0.25) is 9.36 Å². The van der Waals surface area contributed by atoms with Crippen LogP contribution in [0.3, 0.4) is 0 Å². The summed E-state index contributed by atoms with van der Waals surface area (Å²) in [4.78, 5) is 36.0. The van der Waals surface area contributed by atoms with Crippen LogP contribution in [0, 0.1) is 11.3 Å². The maximum Gasteiger partial charge on any atom is 0.335 e. The Balaban J connectivity index is 1.59. The molecule has 3 heterocycles. The van der Waals surface area contributed by atoms with Crippen molar-refractivity contribution in [3.63, 3.8) is 0 Å². The fourth-order valence-corrected chi connectivity index (χ4v) is 5.09. The Hall–Kier alpha value is -5.43. The predicted octanol–water partition coefficient (Wildman–Crippen LogP) is 4.02. The molecule has 0 saturated carbocycles. The lowest BCUT2D eigenvalue weighted by molar-refractivity contribution is 0.0696. The lowest BCUT2D eigenvalue weighted by Crippen LogP contribution is -2.40. The van der Waals surface area contributed by atoms with E-state index in [1.165, 1.54) is 11.6 Å². The van der Waals surface area contributed by atoms with Crippen LogP contribution >= 0.6 is 0 Å². The van der Waals surface area contributed by atoms with E-state index in [0.29, 0.717) is 40.8 Å². The highest BCUT2D eigenvalue weighted by Gasteiger charge is 2.34. The third-order valence-electron chi connectivity index (χ3n) is 6.99. The third-order valence-corrected chi connectivity index (χ3v) is 6.99. The number of carbonyl (C=O) groups is 1. The van der Waals surface area contributed by atoms with Crippen molar-refractivity contribution in [2.24, 2.45) is 7.05 Å². The largest absolute Gasteiger partial charge is 0.501 e. The van der Waals surface area contributed by atoms with Gasteiger partial charge in [0.1, 0.15) is 5.52 Å². The quantitative estimate of drug-likeness (QED) is 0.359. The molecular weight excluding hydrogens is 498 g/mol. The molecule has 1 aliphatic heterocycles. The van der Waals surface area contributed by atoms with Crippen LogP contribution in [-0.2, 0) is 13.5 Å². The zero-order valence-electron chi connectivity index (χ0n) is 20.7. The molecule has 0 radical (unpaired) electrons. The van der Waals surface area contributed by atoms with E-state index in [2.05, 4.69) is 16.0 Å². The van der Waals surface area contributed by atoms with E-state index >= 15 is 0 Å². The lowest BCUT2D eigenvalue weighted by atomic mass is 9.85. The molecule has 3 aromatic carbocycles.